The van der Waals surface area contributed by atoms with Gasteiger partial charge in [-0.3, -0.25) is 14.6 Å². The first-order valence-corrected chi connectivity index (χ1v) is 9.47. The number of carbonyl (C=O) groups excluding carboxylic acids is 1. The average molecular weight is 385 g/mol. The van der Waals surface area contributed by atoms with Gasteiger partial charge in [0.2, 0.25) is 5.91 Å². The summed E-state index contributed by atoms with van der Waals surface area (Å²) < 4.78 is 26.7. The topological polar surface area (TPSA) is 35.6 Å². The van der Waals surface area contributed by atoms with Gasteiger partial charge in [-0.2, -0.15) is 0 Å². The van der Waals surface area contributed by atoms with Gasteiger partial charge in [-0.15, -0.1) is 0 Å². The summed E-state index contributed by atoms with van der Waals surface area (Å²) in [6.07, 6.45) is 4.26. The summed E-state index contributed by atoms with van der Waals surface area (Å²) in [5, 5.41) is 2.55. The molecule has 1 saturated heterocycles. The number of anilines is 1. The summed E-state index contributed by atoms with van der Waals surface area (Å²) in [4.78, 5) is 16.8. The molecule has 0 aromatic heterocycles. The van der Waals surface area contributed by atoms with Gasteiger partial charge in [0.15, 0.2) is 0 Å². The van der Waals surface area contributed by atoms with Crippen LogP contribution in [0.4, 0.5) is 14.5 Å². The van der Waals surface area contributed by atoms with Gasteiger partial charge in [0.1, 0.15) is 11.6 Å². The van der Waals surface area contributed by atoms with Crippen LogP contribution in [-0.4, -0.2) is 54.5 Å². The van der Waals surface area contributed by atoms with E-state index in [4.69, 9.17) is 0 Å². The second kappa shape index (κ2) is 9.57. The second-order valence-corrected chi connectivity index (χ2v) is 6.94. The number of nitrogens with one attached hydrogen (secondary N) is 1. The monoisotopic (exact) mass is 385 g/mol. The van der Waals surface area contributed by atoms with Gasteiger partial charge in [-0.1, -0.05) is 42.5 Å². The lowest BCUT2D eigenvalue weighted by Crippen LogP contribution is -2.52. The zero-order valence-electron chi connectivity index (χ0n) is 15.9. The van der Waals surface area contributed by atoms with Crippen molar-refractivity contribution < 1.29 is 13.6 Å². The maximum absolute atomic E-state index is 13.7. The average Bonchev–Trinajstić information content (AvgIpc) is 2.71. The predicted molar refractivity (Wildman–Crippen MR) is 108 cm³/mol. The number of carbonyl (C=O) groups is 1. The quantitative estimate of drug-likeness (QED) is 0.825. The molecule has 2 aromatic rings. The molecule has 0 unspecified atom stereocenters. The van der Waals surface area contributed by atoms with Gasteiger partial charge in [-0.05, 0) is 24.6 Å². The summed E-state index contributed by atoms with van der Waals surface area (Å²) in [6.45, 7) is 5.93. The van der Waals surface area contributed by atoms with Crippen LogP contribution < -0.4 is 5.32 Å². The molecule has 1 N–H and O–H groups in total. The highest BCUT2D eigenvalue weighted by molar-refractivity contribution is 5.94. The van der Waals surface area contributed by atoms with E-state index in [1.807, 2.05) is 25.1 Å². The lowest BCUT2D eigenvalue weighted by molar-refractivity contribution is -0.121. The lowest BCUT2D eigenvalue weighted by Gasteiger charge is -2.37. The molecule has 0 bridgehead atoms. The molecule has 0 spiro atoms. The normalized spacial score (nSPS) is 17.0. The minimum Gasteiger partial charge on any atom is -0.322 e. The Morgan fingerprint density at radius 3 is 2.50 bits per heavy atom. The second-order valence-electron chi connectivity index (χ2n) is 6.94. The van der Waals surface area contributed by atoms with Crippen molar-refractivity contribution in [2.45, 2.75) is 13.0 Å². The van der Waals surface area contributed by atoms with E-state index in [0.717, 1.165) is 44.9 Å². The lowest BCUT2D eigenvalue weighted by atomic mass is 10.2. The van der Waals surface area contributed by atoms with Gasteiger partial charge < -0.3 is 5.32 Å². The van der Waals surface area contributed by atoms with Crippen LogP contribution in [0.25, 0.3) is 6.08 Å². The largest absolute Gasteiger partial charge is 0.322 e. The Morgan fingerprint density at radius 1 is 1.11 bits per heavy atom. The smallest absolute Gasteiger partial charge is 0.241 e. The maximum atomic E-state index is 13.7. The van der Waals surface area contributed by atoms with Crippen LogP contribution in [0, 0.1) is 11.6 Å². The van der Waals surface area contributed by atoms with Crippen LogP contribution in [0.3, 0.4) is 0 Å². The minimum absolute atomic E-state index is 0.00272. The van der Waals surface area contributed by atoms with E-state index >= 15 is 0 Å². The molecule has 1 heterocycles. The van der Waals surface area contributed by atoms with E-state index in [9.17, 15) is 13.6 Å². The Balaban J connectivity index is 1.46. The van der Waals surface area contributed by atoms with E-state index < -0.39 is 11.6 Å². The zero-order valence-corrected chi connectivity index (χ0v) is 15.9. The van der Waals surface area contributed by atoms with Crippen molar-refractivity contribution in [2.24, 2.45) is 0 Å². The number of amides is 1. The van der Waals surface area contributed by atoms with Crippen molar-refractivity contribution in [1.29, 1.82) is 0 Å². The van der Waals surface area contributed by atoms with E-state index in [1.54, 1.807) is 0 Å². The number of piperazine rings is 1. The molecule has 2 aromatic carbocycles. The van der Waals surface area contributed by atoms with E-state index in [2.05, 4.69) is 39.4 Å². The predicted octanol–water partition coefficient (Wildman–Crippen LogP) is 3.62. The summed E-state index contributed by atoms with van der Waals surface area (Å²) in [7, 11) is 0. The Bertz CT molecular complexity index is 818. The number of halogens is 2. The molecule has 148 valence electrons. The first-order chi connectivity index (χ1) is 13.5. The number of benzene rings is 2. The molecule has 1 aliphatic heterocycles. The van der Waals surface area contributed by atoms with Gasteiger partial charge in [-0.25, -0.2) is 8.78 Å². The maximum Gasteiger partial charge on any atom is 0.241 e. The molecule has 1 amide bonds. The standard InChI is InChI=1S/C22H25F2N3O/c1-17(22(28)25-21-10-9-19(23)16-20(21)24)27-14-12-26(13-15-27)11-5-8-18-6-3-2-4-7-18/h2-10,16-17H,11-15H2,1H3,(H,25,28)/b8-5+/t17-/m0/s1. The van der Waals surface area contributed by atoms with Gasteiger partial charge >= 0.3 is 0 Å². The van der Waals surface area contributed by atoms with Crippen LogP contribution in [0.2, 0.25) is 0 Å². The van der Waals surface area contributed by atoms with E-state index in [0.29, 0.717) is 0 Å². The van der Waals surface area contributed by atoms with Crippen molar-refractivity contribution in [2.75, 3.05) is 38.0 Å². The SMILES string of the molecule is C[C@@H](C(=O)Nc1ccc(F)cc1F)N1CCN(C/C=C/c2ccccc2)CC1. The third-order valence-corrected chi connectivity index (χ3v) is 5.00. The van der Waals surface area contributed by atoms with Gasteiger partial charge in [0, 0.05) is 38.8 Å². The molecular formula is C22H25F2N3O. The fraction of sp³-hybridized carbons (Fsp3) is 0.318. The Morgan fingerprint density at radius 2 is 1.82 bits per heavy atom. The number of hydrogen-bond donors (Lipinski definition) is 1. The van der Waals surface area contributed by atoms with Crippen LogP contribution in [0.1, 0.15) is 12.5 Å². The van der Waals surface area contributed by atoms with Crippen molar-refractivity contribution in [3.63, 3.8) is 0 Å². The number of rotatable bonds is 6. The van der Waals surface area contributed by atoms with Crippen LogP contribution in [-0.2, 0) is 4.79 Å². The zero-order chi connectivity index (χ0) is 19.9. The van der Waals surface area contributed by atoms with Crippen molar-refractivity contribution in [1.82, 2.24) is 9.80 Å². The molecule has 1 fully saturated rings. The summed E-state index contributed by atoms with van der Waals surface area (Å²) in [5.41, 5.74) is 1.18. The van der Waals surface area contributed by atoms with Crippen LogP contribution in [0.5, 0.6) is 0 Å². The van der Waals surface area contributed by atoms with Gasteiger partial charge in [0.25, 0.3) is 0 Å². The summed E-state index contributed by atoms with van der Waals surface area (Å²) >= 11 is 0. The number of hydrogen-bond acceptors (Lipinski definition) is 3. The first-order valence-electron chi connectivity index (χ1n) is 9.47. The third-order valence-electron chi connectivity index (χ3n) is 5.00. The fourth-order valence-corrected chi connectivity index (χ4v) is 3.23. The Kier molecular flexibility index (Phi) is 6.90. The van der Waals surface area contributed by atoms with Crippen molar-refractivity contribution in [3.8, 4) is 0 Å². The summed E-state index contributed by atoms with van der Waals surface area (Å²) in [6, 6.07) is 12.9. The minimum atomic E-state index is -0.768. The van der Waals surface area contributed by atoms with E-state index in [-0.39, 0.29) is 17.6 Å². The van der Waals surface area contributed by atoms with Crippen molar-refractivity contribution in [3.05, 3.63) is 71.8 Å². The van der Waals surface area contributed by atoms with Crippen LogP contribution in [0.15, 0.2) is 54.6 Å². The molecule has 1 atom stereocenters. The molecular weight excluding hydrogens is 360 g/mol. The highest BCUT2D eigenvalue weighted by Crippen LogP contribution is 2.16. The first kappa shape index (κ1) is 20.2. The molecule has 28 heavy (non-hydrogen) atoms. The highest BCUT2D eigenvalue weighted by atomic mass is 19.1. The van der Waals surface area contributed by atoms with Gasteiger partial charge in [0.05, 0.1) is 11.7 Å². The molecule has 0 saturated carbocycles. The summed E-state index contributed by atoms with van der Waals surface area (Å²) in [5.74, 6) is -1.72. The highest BCUT2D eigenvalue weighted by Gasteiger charge is 2.25. The molecule has 0 aliphatic carbocycles. The Labute approximate surface area is 164 Å². The van der Waals surface area contributed by atoms with E-state index in [1.165, 1.54) is 11.6 Å². The number of nitrogens with zero attached hydrogens (tertiary/aromatic N) is 2. The fourth-order valence-electron chi connectivity index (χ4n) is 3.23. The van der Waals surface area contributed by atoms with Crippen molar-refractivity contribution >= 4 is 17.7 Å². The van der Waals surface area contributed by atoms with Crippen LogP contribution >= 0.6 is 0 Å². The molecule has 0 radical (unpaired) electrons. The molecule has 6 heteroatoms. The third kappa shape index (κ3) is 5.47. The molecule has 1 aliphatic rings. The Hall–Kier alpha value is -2.57. The molecule has 4 nitrogen and oxygen atoms in total. The molecule has 3 rings (SSSR count).